The normalized spacial score (nSPS) is 23.0. The number of benzene rings is 1. The van der Waals surface area contributed by atoms with Crippen LogP contribution in [-0.2, 0) is 0 Å². The van der Waals surface area contributed by atoms with Crippen LogP contribution in [0.3, 0.4) is 0 Å². The molecule has 0 aliphatic carbocycles. The Morgan fingerprint density at radius 1 is 1.44 bits per heavy atom. The van der Waals surface area contributed by atoms with Crippen LogP contribution in [0.1, 0.15) is 31.0 Å². The van der Waals surface area contributed by atoms with E-state index in [2.05, 4.69) is 5.32 Å². The number of piperidine rings is 1. The van der Waals surface area contributed by atoms with Crippen LogP contribution in [-0.4, -0.2) is 13.1 Å². The molecule has 0 bridgehead atoms. The second-order valence-corrected chi connectivity index (χ2v) is 4.47. The molecule has 1 aliphatic rings. The first-order valence-corrected chi connectivity index (χ1v) is 5.86. The largest absolute Gasteiger partial charge is 0.316 e. The quantitative estimate of drug-likeness (QED) is 0.832. The SMILES string of the molecule is Fc1cccc(C(F)CC2CCCNC2)c1. The van der Waals surface area contributed by atoms with Crippen molar-refractivity contribution >= 4 is 0 Å². The van der Waals surface area contributed by atoms with Gasteiger partial charge in [0.15, 0.2) is 0 Å². The van der Waals surface area contributed by atoms with E-state index >= 15 is 0 Å². The Labute approximate surface area is 94.9 Å². The second kappa shape index (κ2) is 5.39. The van der Waals surface area contributed by atoms with Crippen LogP contribution >= 0.6 is 0 Å². The average Bonchev–Trinajstić information content (AvgIpc) is 2.30. The summed E-state index contributed by atoms with van der Waals surface area (Å²) in [6, 6.07) is 5.86. The molecule has 1 nitrogen and oxygen atoms in total. The highest BCUT2D eigenvalue weighted by atomic mass is 19.1. The van der Waals surface area contributed by atoms with E-state index in [-0.39, 0.29) is 5.82 Å². The van der Waals surface area contributed by atoms with Gasteiger partial charge < -0.3 is 5.32 Å². The van der Waals surface area contributed by atoms with Crippen molar-refractivity contribution in [3.63, 3.8) is 0 Å². The lowest BCUT2D eigenvalue weighted by atomic mass is 9.91. The van der Waals surface area contributed by atoms with Gasteiger partial charge in [-0.15, -0.1) is 0 Å². The van der Waals surface area contributed by atoms with Gasteiger partial charge in [0, 0.05) is 0 Å². The molecule has 2 atom stereocenters. The highest BCUT2D eigenvalue weighted by molar-refractivity contribution is 5.18. The van der Waals surface area contributed by atoms with Gasteiger partial charge in [-0.2, -0.15) is 0 Å². The van der Waals surface area contributed by atoms with E-state index in [0.29, 0.717) is 17.9 Å². The molecule has 0 saturated carbocycles. The van der Waals surface area contributed by atoms with Gasteiger partial charge in [0.1, 0.15) is 12.0 Å². The van der Waals surface area contributed by atoms with E-state index < -0.39 is 6.17 Å². The van der Waals surface area contributed by atoms with E-state index in [1.165, 1.54) is 12.1 Å². The predicted molar refractivity (Wildman–Crippen MR) is 60.5 cm³/mol. The number of hydrogen-bond donors (Lipinski definition) is 1. The first-order chi connectivity index (χ1) is 7.75. The van der Waals surface area contributed by atoms with E-state index in [4.69, 9.17) is 0 Å². The van der Waals surface area contributed by atoms with Crippen molar-refractivity contribution in [2.24, 2.45) is 5.92 Å². The molecule has 2 unspecified atom stereocenters. The number of rotatable bonds is 3. The first kappa shape index (κ1) is 11.5. The summed E-state index contributed by atoms with van der Waals surface area (Å²) in [4.78, 5) is 0. The molecule has 0 aromatic heterocycles. The van der Waals surface area contributed by atoms with E-state index in [1.807, 2.05) is 0 Å². The molecule has 1 aromatic carbocycles. The number of alkyl halides is 1. The summed E-state index contributed by atoms with van der Waals surface area (Å²) in [5, 5.41) is 3.26. The van der Waals surface area contributed by atoms with Crippen LogP contribution in [0.4, 0.5) is 8.78 Å². The molecular weight excluding hydrogens is 208 g/mol. The predicted octanol–water partition coefficient (Wildman–Crippen LogP) is 3.23. The maximum atomic E-state index is 13.9. The van der Waals surface area contributed by atoms with Crippen LogP contribution in [0.2, 0.25) is 0 Å². The molecule has 16 heavy (non-hydrogen) atoms. The summed E-state index contributed by atoms with van der Waals surface area (Å²) < 4.78 is 26.8. The fourth-order valence-corrected chi connectivity index (χ4v) is 2.26. The Morgan fingerprint density at radius 3 is 3.00 bits per heavy atom. The molecule has 0 radical (unpaired) electrons. The lowest BCUT2D eigenvalue weighted by Crippen LogP contribution is -2.30. The second-order valence-electron chi connectivity index (χ2n) is 4.47. The lowest BCUT2D eigenvalue weighted by Gasteiger charge is -2.24. The van der Waals surface area contributed by atoms with Gasteiger partial charge in [0.25, 0.3) is 0 Å². The minimum Gasteiger partial charge on any atom is -0.316 e. The molecule has 0 spiro atoms. The Morgan fingerprint density at radius 2 is 2.31 bits per heavy atom. The molecule has 3 heteroatoms. The zero-order valence-electron chi connectivity index (χ0n) is 9.26. The molecule has 1 N–H and O–H groups in total. The van der Waals surface area contributed by atoms with Gasteiger partial charge >= 0.3 is 0 Å². The van der Waals surface area contributed by atoms with Gasteiger partial charge in [0.2, 0.25) is 0 Å². The molecular formula is C13H17F2N. The lowest BCUT2D eigenvalue weighted by molar-refractivity contribution is 0.242. The molecule has 1 heterocycles. The van der Waals surface area contributed by atoms with Crippen LogP contribution < -0.4 is 5.32 Å². The van der Waals surface area contributed by atoms with Crippen molar-refractivity contribution < 1.29 is 8.78 Å². The molecule has 2 rings (SSSR count). The average molecular weight is 225 g/mol. The van der Waals surface area contributed by atoms with Crippen LogP contribution in [0.15, 0.2) is 24.3 Å². The first-order valence-electron chi connectivity index (χ1n) is 5.86. The minimum atomic E-state index is -1.04. The summed E-state index contributed by atoms with van der Waals surface area (Å²) in [6.07, 6.45) is 1.64. The molecule has 1 saturated heterocycles. The van der Waals surface area contributed by atoms with Crippen LogP contribution in [0.5, 0.6) is 0 Å². The maximum Gasteiger partial charge on any atom is 0.126 e. The van der Waals surface area contributed by atoms with Crippen LogP contribution in [0, 0.1) is 11.7 Å². The zero-order valence-corrected chi connectivity index (χ0v) is 9.26. The molecule has 1 aliphatic heterocycles. The van der Waals surface area contributed by atoms with Crippen molar-refractivity contribution in [3.8, 4) is 0 Å². The summed E-state index contributed by atoms with van der Waals surface area (Å²) in [5.74, 6) is 0.0222. The molecule has 0 amide bonds. The highest BCUT2D eigenvalue weighted by Gasteiger charge is 2.19. The minimum absolute atomic E-state index is 0.359. The summed E-state index contributed by atoms with van der Waals surface area (Å²) >= 11 is 0. The zero-order chi connectivity index (χ0) is 11.4. The van der Waals surface area contributed by atoms with Crippen molar-refractivity contribution in [3.05, 3.63) is 35.6 Å². The Kier molecular flexibility index (Phi) is 3.88. The summed E-state index contributed by atoms with van der Waals surface area (Å²) in [6.45, 7) is 1.92. The summed E-state index contributed by atoms with van der Waals surface area (Å²) in [5.41, 5.74) is 0.463. The molecule has 88 valence electrons. The van der Waals surface area contributed by atoms with Gasteiger partial charge in [-0.25, -0.2) is 8.78 Å². The Bertz CT molecular complexity index is 334. The van der Waals surface area contributed by atoms with Gasteiger partial charge in [0.05, 0.1) is 0 Å². The van der Waals surface area contributed by atoms with Gasteiger partial charge in [-0.05, 0) is 56.0 Å². The van der Waals surface area contributed by atoms with E-state index in [0.717, 1.165) is 25.9 Å². The fourth-order valence-electron chi connectivity index (χ4n) is 2.26. The van der Waals surface area contributed by atoms with E-state index in [9.17, 15) is 8.78 Å². The Balaban J connectivity index is 1.94. The number of nitrogens with one attached hydrogen (secondary N) is 1. The third-order valence-electron chi connectivity index (χ3n) is 3.15. The topological polar surface area (TPSA) is 12.0 Å². The third kappa shape index (κ3) is 3.01. The van der Waals surface area contributed by atoms with Crippen LogP contribution in [0.25, 0.3) is 0 Å². The van der Waals surface area contributed by atoms with Crippen molar-refractivity contribution in [2.45, 2.75) is 25.4 Å². The Hall–Kier alpha value is -0.960. The number of halogens is 2. The van der Waals surface area contributed by atoms with Gasteiger partial charge in [-0.1, -0.05) is 12.1 Å². The monoisotopic (exact) mass is 225 g/mol. The third-order valence-corrected chi connectivity index (χ3v) is 3.15. The van der Waals surface area contributed by atoms with Gasteiger partial charge in [-0.3, -0.25) is 0 Å². The standard InChI is InChI=1S/C13H17F2N/c14-12-5-1-4-11(8-12)13(15)7-10-3-2-6-16-9-10/h1,4-5,8,10,13,16H,2-3,6-7,9H2. The summed E-state index contributed by atoms with van der Waals surface area (Å²) in [7, 11) is 0. The van der Waals surface area contributed by atoms with Crippen molar-refractivity contribution in [1.29, 1.82) is 0 Å². The van der Waals surface area contributed by atoms with Crippen molar-refractivity contribution in [2.75, 3.05) is 13.1 Å². The van der Waals surface area contributed by atoms with Crippen molar-refractivity contribution in [1.82, 2.24) is 5.32 Å². The van der Waals surface area contributed by atoms with E-state index in [1.54, 1.807) is 12.1 Å². The highest BCUT2D eigenvalue weighted by Crippen LogP contribution is 2.28. The molecule has 1 aromatic rings. The smallest absolute Gasteiger partial charge is 0.126 e. The number of hydrogen-bond acceptors (Lipinski definition) is 1. The maximum absolute atomic E-state index is 13.9. The fraction of sp³-hybridized carbons (Fsp3) is 0.538. The molecule has 1 fully saturated rings.